The lowest BCUT2D eigenvalue weighted by atomic mass is 10.0. The van der Waals surface area contributed by atoms with Gasteiger partial charge in [-0.2, -0.15) is 0 Å². The van der Waals surface area contributed by atoms with Crippen LogP contribution in [0.3, 0.4) is 0 Å². The molecule has 0 amide bonds. The molecule has 0 saturated heterocycles. The first-order valence-corrected chi connectivity index (χ1v) is 5.58. The van der Waals surface area contributed by atoms with E-state index >= 15 is 0 Å². The van der Waals surface area contributed by atoms with E-state index in [2.05, 4.69) is 0 Å². The van der Waals surface area contributed by atoms with Gasteiger partial charge in [-0.1, -0.05) is 26.0 Å². The molecule has 0 saturated carbocycles. The number of hydrogen-bond donors (Lipinski definition) is 0. The average molecular weight is 224 g/mol. The van der Waals surface area contributed by atoms with E-state index in [1.54, 1.807) is 19.1 Å². The third-order valence-corrected chi connectivity index (χ3v) is 2.30. The molecule has 1 rings (SSSR count). The third kappa shape index (κ3) is 3.42. The number of carbonyl (C=O) groups excluding carboxylic acids is 1. The Labute approximate surface area is 95.4 Å². The molecular weight excluding hydrogens is 207 g/mol. The van der Waals surface area contributed by atoms with Gasteiger partial charge in [-0.3, -0.25) is 4.79 Å². The third-order valence-electron chi connectivity index (χ3n) is 2.30. The summed E-state index contributed by atoms with van der Waals surface area (Å²) < 4.78 is 18.3. The van der Waals surface area contributed by atoms with Crippen molar-refractivity contribution in [3.05, 3.63) is 35.6 Å². The first-order valence-electron chi connectivity index (χ1n) is 5.58. The summed E-state index contributed by atoms with van der Waals surface area (Å²) in [5, 5.41) is 0. The first-order chi connectivity index (χ1) is 7.69. The van der Waals surface area contributed by atoms with Crippen molar-refractivity contribution in [3.8, 4) is 0 Å². The highest BCUT2D eigenvalue weighted by Crippen LogP contribution is 2.20. The summed E-state index contributed by atoms with van der Waals surface area (Å²) in [6, 6.07) is 5.90. The molecule has 0 N–H and O–H groups in total. The Morgan fingerprint density at radius 1 is 1.31 bits per heavy atom. The van der Waals surface area contributed by atoms with E-state index in [1.807, 2.05) is 6.92 Å². The van der Waals surface area contributed by atoms with Gasteiger partial charge in [0.15, 0.2) is 5.78 Å². The predicted molar refractivity (Wildman–Crippen MR) is 60.7 cm³/mol. The molecule has 0 aliphatic heterocycles. The van der Waals surface area contributed by atoms with Gasteiger partial charge in [0.25, 0.3) is 0 Å². The first kappa shape index (κ1) is 12.8. The molecule has 0 aliphatic rings. The number of hydrogen-bond acceptors (Lipinski definition) is 2. The molecule has 0 bridgehead atoms. The summed E-state index contributed by atoms with van der Waals surface area (Å²) in [5.74, 6) is -0.276. The molecule has 16 heavy (non-hydrogen) atoms. The quantitative estimate of drug-likeness (QED) is 0.741. The average Bonchev–Trinajstić information content (AvgIpc) is 2.31. The maximum Gasteiger partial charge on any atom is 0.165 e. The molecule has 0 radical (unpaired) electrons. The van der Waals surface area contributed by atoms with E-state index in [-0.39, 0.29) is 11.6 Å². The van der Waals surface area contributed by atoms with Crippen molar-refractivity contribution in [2.45, 2.75) is 32.8 Å². The molecule has 0 fully saturated rings. The standard InChI is InChI=1S/C13H17FO2/c1-3-9-16-13(12(15)4-2)10-5-7-11(14)8-6-10/h5-8,13H,3-4,9H2,1-2H3. The second kappa shape index (κ2) is 6.38. The Kier molecular flexibility index (Phi) is 5.12. The van der Waals surface area contributed by atoms with Gasteiger partial charge in [0.05, 0.1) is 0 Å². The zero-order chi connectivity index (χ0) is 12.0. The van der Waals surface area contributed by atoms with Crippen molar-refractivity contribution >= 4 is 5.78 Å². The lowest BCUT2D eigenvalue weighted by Gasteiger charge is -2.16. The molecular formula is C13H17FO2. The number of rotatable bonds is 6. The zero-order valence-electron chi connectivity index (χ0n) is 9.70. The number of Topliss-reactive ketones (excluding diaryl/α,β-unsaturated/α-hetero) is 1. The van der Waals surface area contributed by atoms with Crippen molar-refractivity contribution < 1.29 is 13.9 Å². The van der Waals surface area contributed by atoms with Gasteiger partial charge in [-0.15, -0.1) is 0 Å². The van der Waals surface area contributed by atoms with Gasteiger partial charge >= 0.3 is 0 Å². The highest BCUT2D eigenvalue weighted by molar-refractivity contribution is 5.84. The lowest BCUT2D eigenvalue weighted by molar-refractivity contribution is -0.130. The summed E-state index contributed by atoms with van der Waals surface area (Å²) in [4.78, 5) is 11.7. The molecule has 0 heterocycles. The number of ether oxygens (including phenoxy) is 1. The highest BCUT2D eigenvalue weighted by Gasteiger charge is 2.19. The monoisotopic (exact) mass is 224 g/mol. The minimum Gasteiger partial charge on any atom is -0.366 e. The summed E-state index contributed by atoms with van der Waals surface area (Å²) in [7, 11) is 0. The van der Waals surface area contributed by atoms with E-state index < -0.39 is 6.10 Å². The van der Waals surface area contributed by atoms with Crippen molar-refractivity contribution in [3.63, 3.8) is 0 Å². The number of benzene rings is 1. The summed E-state index contributed by atoms with van der Waals surface area (Å²) in [6.45, 7) is 4.32. The maximum atomic E-state index is 12.8. The van der Waals surface area contributed by atoms with Crippen LogP contribution in [0.15, 0.2) is 24.3 Å². The predicted octanol–water partition coefficient (Wildman–Crippen LogP) is 3.27. The van der Waals surface area contributed by atoms with E-state index in [4.69, 9.17) is 4.74 Å². The molecule has 0 aliphatic carbocycles. The minimum absolute atomic E-state index is 0.0278. The molecule has 0 spiro atoms. The normalized spacial score (nSPS) is 12.4. The fourth-order valence-electron chi connectivity index (χ4n) is 1.43. The Bertz CT molecular complexity index is 332. The SMILES string of the molecule is CCCOC(C(=O)CC)c1ccc(F)cc1. The van der Waals surface area contributed by atoms with Crippen LogP contribution < -0.4 is 0 Å². The van der Waals surface area contributed by atoms with Crippen LogP contribution in [0.25, 0.3) is 0 Å². The van der Waals surface area contributed by atoms with Crippen LogP contribution in [-0.2, 0) is 9.53 Å². The molecule has 1 unspecified atom stereocenters. The molecule has 0 aromatic heterocycles. The van der Waals surface area contributed by atoms with Crippen molar-refractivity contribution in [1.29, 1.82) is 0 Å². The minimum atomic E-state index is -0.550. The summed E-state index contributed by atoms with van der Waals surface area (Å²) in [6.07, 6.45) is 0.728. The van der Waals surface area contributed by atoms with E-state index in [0.29, 0.717) is 13.0 Å². The summed E-state index contributed by atoms with van der Waals surface area (Å²) >= 11 is 0. The topological polar surface area (TPSA) is 26.3 Å². The second-order valence-corrected chi connectivity index (χ2v) is 3.62. The van der Waals surface area contributed by atoms with Gasteiger partial charge in [0.1, 0.15) is 11.9 Å². The van der Waals surface area contributed by atoms with Crippen LogP contribution in [-0.4, -0.2) is 12.4 Å². The fraction of sp³-hybridized carbons (Fsp3) is 0.462. The zero-order valence-corrected chi connectivity index (χ0v) is 9.70. The Balaban J connectivity index is 2.82. The number of ketones is 1. The van der Waals surface area contributed by atoms with E-state index in [9.17, 15) is 9.18 Å². The Hall–Kier alpha value is -1.22. The number of halogens is 1. The number of carbonyl (C=O) groups is 1. The van der Waals surface area contributed by atoms with Gasteiger partial charge in [0, 0.05) is 13.0 Å². The second-order valence-electron chi connectivity index (χ2n) is 3.62. The van der Waals surface area contributed by atoms with Crippen molar-refractivity contribution in [2.75, 3.05) is 6.61 Å². The van der Waals surface area contributed by atoms with E-state index in [0.717, 1.165) is 12.0 Å². The fourth-order valence-corrected chi connectivity index (χ4v) is 1.43. The van der Waals surface area contributed by atoms with Gasteiger partial charge in [0.2, 0.25) is 0 Å². The molecule has 1 aromatic rings. The van der Waals surface area contributed by atoms with Crippen molar-refractivity contribution in [2.24, 2.45) is 0 Å². The molecule has 2 nitrogen and oxygen atoms in total. The van der Waals surface area contributed by atoms with Gasteiger partial charge in [-0.05, 0) is 24.1 Å². The molecule has 88 valence electrons. The van der Waals surface area contributed by atoms with Crippen LogP contribution >= 0.6 is 0 Å². The molecule has 3 heteroatoms. The Morgan fingerprint density at radius 2 is 1.94 bits per heavy atom. The van der Waals surface area contributed by atoms with Crippen LogP contribution in [0.2, 0.25) is 0 Å². The van der Waals surface area contributed by atoms with Crippen LogP contribution in [0.4, 0.5) is 4.39 Å². The summed E-state index contributed by atoms with van der Waals surface area (Å²) in [5.41, 5.74) is 0.724. The largest absolute Gasteiger partial charge is 0.366 e. The lowest BCUT2D eigenvalue weighted by Crippen LogP contribution is -2.15. The van der Waals surface area contributed by atoms with Crippen molar-refractivity contribution in [1.82, 2.24) is 0 Å². The maximum absolute atomic E-state index is 12.8. The highest BCUT2D eigenvalue weighted by atomic mass is 19.1. The van der Waals surface area contributed by atoms with Gasteiger partial charge in [-0.25, -0.2) is 4.39 Å². The van der Waals surface area contributed by atoms with Gasteiger partial charge < -0.3 is 4.74 Å². The Morgan fingerprint density at radius 3 is 2.44 bits per heavy atom. The van der Waals surface area contributed by atoms with Crippen LogP contribution in [0.5, 0.6) is 0 Å². The molecule has 1 atom stereocenters. The molecule has 1 aromatic carbocycles. The van der Waals surface area contributed by atoms with E-state index in [1.165, 1.54) is 12.1 Å². The van der Waals surface area contributed by atoms with Crippen LogP contribution in [0, 0.1) is 5.82 Å². The van der Waals surface area contributed by atoms with Crippen LogP contribution in [0.1, 0.15) is 38.4 Å². The smallest absolute Gasteiger partial charge is 0.165 e.